The van der Waals surface area contributed by atoms with Crippen LogP contribution in [0.4, 0.5) is 5.69 Å². The molecular formula is C20H25N5O3S. The maximum atomic E-state index is 13.2. The van der Waals surface area contributed by atoms with Crippen molar-refractivity contribution in [2.24, 2.45) is 17.4 Å². The van der Waals surface area contributed by atoms with Gasteiger partial charge in [0.1, 0.15) is 16.4 Å². The first kappa shape index (κ1) is 19.6. The number of carbonyl (C=O) groups excluding carboxylic acids is 1. The van der Waals surface area contributed by atoms with Gasteiger partial charge in [0.25, 0.3) is 15.9 Å². The van der Waals surface area contributed by atoms with Crippen LogP contribution in [0.5, 0.6) is 0 Å². The highest BCUT2D eigenvalue weighted by Gasteiger charge is 2.34. The van der Waals surface area contributed by atoms with Gasteiger partial charge in [-0.25, -0.2) is 0 Å². The van der Waals surface area contributed by atoms with E-state index in [0.29, 0.717) is 30.3 Å². The average Bonchev–Trinajstić information content (AvgIpc) is 3.00. The number of hydrogen-bond donors (Lipinski definition) is 1. The second-order valence-corrected chi connectivity index (χ2v) is 9.13. The molecule has 0 saturated carbocycles. The number of fused-ring (bicyclic) bond motifs is 1. The number of aryl methyl sites for hydroxylation is 2. The van der Waals surface area contributed by atoms with Crippen LogP contribution in [-0.2, 0) is 23.5 Å². The summed E-state index contributed by atoms with van der Waals surface area (Å²) in [7, 11) is -1.95. The molecule has 4 rings (SSSR count). The highest BCUT2D eigenvalue weighted by molar-refractivity contribution is 7.90. The van der Waals surface area contributed by atoms with Crippen molar-refractivity contribution >= 4 is 27.5 Å². The van der Waals surface area contributed by atoms with Crippen molar-refractivity contribution in [3.05, 3.63) is 41.2 Å². The van der Waals surface area contributed by atoms with Crippen molar-refractivity contribution in [1.82, 2.24) is 14.7 Å². The van der Waals surface area contributed by atoms with Crippen LogP contribution in [0.3, 0.4) is 0 Å². The normalized spacial score (nSPS) is 20.6. The number of piperidine rings is 1. The van der Waals surface area contributed by atoms with E-state index in [1.807, 2.05) is 13.8 Å². The zero-order chi connectivity index (χ0) is 20.8. The summed E-state index contributed by atoms with van der Waals surface area (Å²) >= 11 is 0. The number of aromatic nitrogens is 2. The van der Waals surface area contributed by atoms with Gasteiger partial charge in [0.2, 0.25) is 0 Å². The number of sulfonamides is 1. The maximum absolute atomic E-state index is 13.2. The van der Waals surface area contributed by atoms with Crippen LogP contribution in [-0.4, -0.2) is 47.9 Å². The fourth-order valence-electron chi connectivity index (χ4n) is 4.17. The molecule has 1 aromatic heterocycles. The van der Waals surface area contributed by atoms with Crippen LogP contribution < -0.4 is 5.32 Å². The van der Waals surface area contributed by atoms with Crippen molar-refractivity contribution < 1.29 is 13.2 Å². The molecule has 1 amide bonds. The van der Waals surface area contributed by atoms with Crippen molar-refractivity contribution in [2.75, 3.05) is 18.4 Å². The van der Waals surface area contributed by atoms with E-state index in [1.165, 1.54) is 0 Å². The molecule has 0 radical (unpaired) electrons. The van der Waals surface area contributed by atoms with Gasteiger partial charge in [-0.3, -0.25) is 9.48 Å². The number of carbonyl (C=O) groups is 1. The van der Waals surface area contributed by atoms with E-state index < -0.39 is 10.0 Å². The Morgan fingerprint density at radius 3 is 2.79 bits per heavy atom. The molecule has 29 heavy (non-hydrogen) atoms. The van der Waals surface area contributed by atoms with E-state index in [1.54, 1.807) is 40.9 Å². The van der Waals surface area contributed by atoms with E-state index in [-0.39, 0.29) is 16.7 Å². The summed E-state index contributed by atoms with van der Waals surface area (Å²) in [5, 5.41) is 7.62. The Bertz CT molecular complexity index is 1100. The second-order valence-electron chi connectivity index (χ2n) is 7.56. The molecule has 8 nitrogen and oxygen atoms in total. The quantitative estimate of drug-likeness (QED) is 0.830. The summed E-state index contributed by atoms with van der Waals surface area (Å²) in [6.45, 7) is 5.01. The van der Waals surface area contributed by atoms with Crippen LogP contribution in [0.15, 0.2) is 33.6 Å². The monoisotopic (exact) mass is 415 g/mol. The largest absolute Gasteiger partial charge is 0.342 e. The minimum Gasteiger partial charge on any atom is -0.342 e. The predicted molar refractivity (Wildman–Crippen MR) is 111 cm³/mol. The number of rotatable bonds is 3. The predicted octanol–water partition coefficient (Wildman–Crippen LogP) is 2.36. The Morgan fingerprint density at radius 2 is 2.07 bits per heavy atom. The van der Waals surface area contributed by atoms with Gasteiger partial charge in [0.15, 0.2) is 0 Å². The molecule has 0 unspecified atom stereocenters. The van der Waals surface area contributed by atoms with Gasteiger partial charge in [-0.05, 0) is 38.3 Å². The number of amides is 1. The first-order valence-electron chi connectivity index (χ1n) is 9.84. The number of benzene rings is 1. The molecule has 1 atom stereocenters. The first-order chi connectivity index (χ1) is 13.8. The summed E-state index contributed by atoms with van der Waals surface area (Å²) in [6.07, 6.45) is 2.34. The third-order valence-electron chi connectivity index (χ3n) is 5.66. The molecule has 1 saturated heterocycles. The Kier molecular flexibility index (Phi) is 4.94. The molecule has 1 fully saturated rings. The SMILES string of the molecule is CCc1nn(C)c(C(=O)N2CCC[C@@H](C3=NS(=O)(=O)c4ccccc4N3)C2)c1C. The van der Waals surface area contributed by atoms with E-state index in [0.717, 1.165) is 30.5 Å². The van der Waals surface area contributed by atoms with Crippen molar-refractivity contribution in [1.29, 1.82) is 0 Å². The molecule has 9 heteroatoms. The lowest BCUT2D eigenvalue weighted by atomic mass is 9.96. The molecule has 2 aliphatic rings. The minimum atomic E-state index is -3.74. The summed E-state index contributed by atoms with van der Waals surface area (Å²) in [4.78, 5) is 15.2. The molecule has 3 heterocycles. The topological polar surface area (TPSA) is 96.7 Å². The zero-order valence-electron chi connectivity index (χ0n) is 16.8. The Morgan fingerprint density at radius 1 is 1.31 bits per heavy atom. The lowest BCUT2D eigenvalue weighted by Crippen LogP contribution is -2.45. The Hall–Kier alpha value is -2.68. The molecule has 0 aliphatic carbocycles. The number of para-hydroxylation sites is 1. The first-order valence-corrected chi connectivity index (χ1v) is 11.3. The zero-order valence-corrected chi connectivity index (χ0v) is 17.7. The lowest BCUT2D eigenvalue weighted by molar-refractivity contribution is 0.0691. The third-order valence-corrected chi connectivity index (χ3v) is 7.01. The van der Waals surface area contributed by atoms with Crippen LogP contribution >= 0.6 is 0 Å². The molecule has 1 aromatic carbocycles. The number of amidine groups is 1. The number of nitrogens with zero attached hydrogens (tertiary/aromatic N) is 4. The van der Waals surface area contributed by atoms with Gasteiger partial charge in [-0.1, -0.05) is 19.1 Å². The maximum Gasteiger partial charge on any atom is 0.286 e. The van der Waals surface area contributed by atoms with Gasteiger partial charge in [0.05, 0.1) is 11.4 Å². The third kappa shape index (κ3) is 3.43. The molecule has 0 bridgehead atoms. The summed E-state index contributed by atoms with van der Waals surface area (Å²) in [5.41, 5.74) is 2.97. The number of anilines is 1. The standard InChI is InChI=1S/C20H25N5O3S/c1-4-15-13(2)18(24(3)22-15)20(26)25-11-7-8-14(12-25)19-21-16-9-5-6-10-17(16)29(27,28)23-19/h5-6,9-10,14H,4,7-8,11-12H2,1-3H3,(H,21,23)/t14-/m1/s1. The van der Waals surface area contributed by atoms with Gasteiger partial charge in [0, 0.05) is 31.6 Å². The minimum absolute atomic E-state index is 0.0680. The fraction of sp³-hybridized carbons (Fsp3) is 0.450. The van der Waals surface area contributed by atoms with Crippen LogP contribution in [0.2, 0.25) is 0 Å². The lowest BCUT2D eigenvalue weighted by Gasteiger charge is -2.34. The van der Waals surface area contributed by atoms with Crippen molar-refractivity contribution in [3.63, 3.8) is 0 Å². The average molecular weight is 416 g/mol. The van der Waals surface area contributed by atoms with Crippen LogP contribution in [0.25, 0.3) is 0 Å². The van der Waals surface area contributed by atoms with Gasteiger partial charge in [-0.2, -0.15) is 13.5 Å². The Balaban J connectivity index is 1.59. The smallest absolute Gasteiger partial charge is 0.286 e. The van der Waals surface area contributed by atoms with E-state index in [9.17, 15) is 13.2 Å². The number of hydrogen-bond acceptors (Lipinski definition) is 5. The van der Waals surface area contributed by atoms with Gasteiger partial charge in [-0.15, -0.1) is 4.40 Å². The van der Waals surface area contributed by atoms with E-state index >= 15 is 0 Å². The molecule has 1 N–H and O–H groups in total. The summed E-state index contributed by atoms with van der Waals surface area (Å²) in [6, 6.07) is 6.75. The molecule has 2 aliphatic heterocycles. The fourth-order valence-corrected chi connectivity index (χ4v) is 5.37. The van der Waals surface area contributed by atoms with Gasteiger partial charge < -0.3 is 10.2 Å². The molecule has 154 valence electrons. The van der Waals surface area contributed by atoms with E-state index in [2.05, 4.69) is 14.8 Å². The number of likely N-dealkylation sites (tertiary alicyclic amines) is 1. The van der Waals surface area contributed by atoms with Crippen LogP contribution in [0, 0.1) is 12.8 Å². The van der Waals surface area contributed by atoms with Crippen molar-refractivity contribution in [3.8, 4) is 0 Å². The highest BCUT2D eigenvalue weighted by Crippen LogP contribution is 2.30. The second kappa shape index (κ2) is 7.29. The number of nitrogens with one attached hydrogen (secondary N) is 1. The van der Waals surface area contributed by atoms with Crippen LogP contribution in [0.1, 0.15) is 41.5 Å². The summed E-state index contributed by atoms with van der Waals surface area (Å²) < 4.78 is 30.8. The Labute approximate surface area is 170 Å². The van der Waals surface area contributed by atoms with E-state index in [4.69, 9.17) is 0 Å². The highest BCUT2D eigenvalue weighted by atomic mass is 32.2. The molecule has 0 spiro atoms. The molecule has 2 aromatic rings. The van der Waals surface area contributed by atoms with Crippen molar-refractivity contribution in [2.45, 2.75) is 38.0 Å². The molecular weight excluding hydrogens is 390 g/mol. The summed E-state index contributed by atoms with van der Waals surface area (Å²) in [5.74, 6) is 0.189. The van der Waals surface area contributed by atoms with Gasteiger partial charge >= 0.3 is 0 Å².